The summed E-state index contributed by atoms with van der Waals surface area (Å²) < 4.78 is 4.76. The van der Waals surface area contributed by atoms with Crippen molar-refractivity contribution in [3.05, 3.63) is 29.8 Å². The van der Waals surface area contributed by atoms with E-state index in [0.717, 1.165) is 0 Å². The molecule has 0 saturated heterocycles. The molecule has 1 aromatic rings. The summed E-state index contributed by atoms with van der Waals surface area (Å²) in [4.78, 5) is 23.0. The van der Waals surface area contributed by atoms with Gasteiger partial charge in [-0.25, -0.2) is 4.79 Å². The molecule has 0 aliphatic heterocycles. The first-order valence-corrected chi connectivity index (χ1v) is 5.87. The molecule has 5 heteroatoms. The Morgan fingerprint density at radius 2 is 2.06 bits per heavy atom. The molecule has 0 aliphatic rings. The first kappa shape index (κ1) is 14.0. The number of benzene rings is 1. The molecule has 0 aromatic heterocycles. The van der Waals surface area contributed by atoms with Gasteiger partial charge in [0.15, 0.2) is 0 Å². The van der Waals surface area contributed by atoms with Gasteiger partial charge in [-0.15, -0.1) is 0 Å². The number of nitrogens with one attached hydrogen (secondary N) is 2. The summed E-state index contributed by atoms with van der Waals surface area (Å²) in [6, 6.07) is 6.77. The highest BCUT2D eigenvalue weighted by molar-refractivity contribution is 5.96. The molecular weight excluding hydrogens is 232 g/mol. The van der Waals surface area contributed by atoms with E-state index >= 15 is 0 Å². The predicted octanol–water partition coefficient (Wildman–Crippen LogP) is 2.39. The molecule has 98 valence electrons. The topological polar surface area (TPSA) is 67.4 Å². The van der Waals surface area contributed by atoms with Crippen molar-refractivity contribution in [3.63, 3.8) is 0 Å². The lowest BCUT2D eigenvalue weighted by molar-refractivity contribution is 0.0943. The summed E-state index contributed by atoms with van der Waals surface area (Å²) in [6.45, 7) is 5.81. The van der Waals surface area contributed by atoms with Gasteiger partial charge in [0.1, 0.15) is 0 Å². The molecule has 0 saturated carbocycles. The molecule has 18 heavy (non-hydrogen) atoms. The lowest BCUT2D eigenvalue weighted by Crippen LogP contribution is -2.30. The van der Waals surface area contributed by atoms with Crippen LogP contribution in [0.25, 0.3) is 0 Å². The van der Waals surface area contributed by atoms with E-state index < -0.39 is 6.09 Å². The quantitative estimate of drug-likeness (QED) is 0.862. The fraction of sp³-hybridized carbons (Fsp3) is 0.385. The van der Waals surface area contributed by atoms with Crippen molar-refractivity contribution in [2.24, 2.45) is 0 Å². The van der Waals surface area contributed by atoms with Crippen LogP contribution in [-0.2, 0) is 4.74 Å². The lowest BCUT2D eigenvalue weighted by atomic mass is 10.2. The summed E-state index contributed by atoms with van der Waals surface area (Å²) in [5.41, 5.74) is 1.03. The van der Waals surface area contributed by atoms with Gasteiger partial charge in [-0.05, 0) is 39.0 Å². The van der Waals surface area contributed by atoms with Crippen LogP contribution >= 0.6 is 0 Å². The monoisotopic (exact) mass is 250 g/mol. The molecule has 0 atom stereocenters. The minimum atomic E-state index is -0.529. The molecule has 5 nitrogen and oxygen atoms in total. The van der Waals surface area contributed by atoms with E-state index in [1.54, 1.807) is 31.2 Å². The Hall–Kier alpha value is -2.04. The number of carbonyl (C=O) groups excluding carboxylic acids is 2. The number of hydrogen-bond donors (Lipinski definition) is 2. The second kappa shape index (κ2) is 6.64. The van der Waals surface area contributed by atoms with E-state index in [0.29, 0.717) is 17.9 Å². The van der Waals surface area contributed by atoms with Gasteiger partial charge in [0, 0.05) is 17.3 Å². The van der Waals surface area contributed by atoms with Crippen LogP contribution in [0, 0.1) is 0 Å². The summed E-state index contributed by atoms with van der Waals surface area (Å²) in [6.07, 6.45) is -0.529. The fourth-order valence-corrected chi connectivity index (χ4v) is 1.37. The summed E-state index contributed by atoms with van der Waals surface area (Å²) in [5.74, 6) is -0.169. The molecule has 0 aliphatic carbocycles. The maximum atomic E-state index is 11.8. The van der Waals surface area contributed by atoms with E-state index in [1.807, 2.05) is 13.8 Å². The predicted molar refractivity (Wildman–Crippen MR) is 69.7 cm³/mol. The first-order chi connectivity index (χ1) is 8.52. The molecule has 0 heterocycles. The Bertz CT molecular complexity index is 430. The van der Waals surface area contributed by atoms with Gasteiger partial charge >= 0.3 is 6.09 Å². The van der Waals surface area contributed by atoms with Crippen LogP contribution in [0.3, 0.4) is 0 Å². The number of rotatable bonds is 4. The van der Waals surface area contributed by atoms with Crippen molar-refractivity contribution in [3.8, 4) is 0 Å². The van der Waals surface area contributed by atoms with Gasteiger partial charge < -0.3 is 10.1 Å². The van der Waals surface area contributed by atoms with Crippen molar-refractivity contribution in [2.75, 3.05) is 11.9 Å². The van der Waals surface area contributed by atoms with E-state index in [-0.39, 0.29) is 11.9 Å². The van der Waals surface area contributed by atoms with E-state index in [4.69, 9.17) is 4.74 Å². The van der Waals surface area contributed by atoms with Crippen molar-refractivity contribution < 1.29 is 14.3 Å². The molecule has 0 spiro atoms. The Morgan fingerprint density at radius 3 is 2.67 bits per heavy atom. The third-order valence-corrected chi connectivity index (χ3v) is 2.07. The highest BCUT2D eigenvalue weighted by Gasteiger charge is 2.08. The normalized spacial score (nSPS) is 10.0. The number of carbonyl (C=O) groups is 2. The maximum absolute atomic E-state index is 11.8. The van der Waals surface area contributed by atoms with Gasteiger partial charge in [0.2, 0.25) is 0 Å². The zero-order valence-corrected chi connectivity index (χ0v) is 10.8. The van der Waals surface area contributed by atoms with E-state index in [1.165, 1.54) is 0 Å². The van der Waals surface area contributed by atoms with Gasteiger partial charge in [-0.3, -0.25) is 10.1 Å². The Balaban J connectivity index is 2.73. The van der Waals surface area contributed by atoms with Gasteiger partial charge in [-0.2, -0.15) is 0 Å². The molecule has 0 radical (unpaired) electrons. The maximum Gasteiger partial charge on any atom is 0.411 e. The molecule has 2 amide bonds. The second-order valence-electron chi connectivity index (χ2n) is 4.05. The van der Waals surface area contributed by atoms with Crippen molar-refractivity contribution >= 4 is 17.7 Å². The van der Waals surface area contributed by atoms with Crippen LogP contribution in [0.15, 0.2) is 24.3 Å². The molecule has 1 aromatic carbocycles. The highest BCUT2D eigenvalue weighted by atomic mass is 16.5. The van der Waals surface area contributed by atoms with Crippen molar-refractivity contribution in [1.29, 1.82) is 0 Å². The molecule has 0 unspecified atom stereocenters. The lowest BCUT2D eigenvalue weighted by Gasteiger charge is -2.10. The minimum absolute atomic E-state index is 0.0687. The largest absolute Gasteiger partial charge is 0.450 e. The zero-order valence-electron chi connectivity index (χ0n) is 10.8. The molecule has 0 fully saturated rings. The third-order valence-electron chi connectivity index (χ3n) is 2.07. The number of amides is 2. The van der Waals surface area contributed by atoms with E-state index in [9.17, 15) is 9.59 Å². The minimum Gasteiger partial charge on any atom is -0.450 e. The van der Waals surface area contributed by atoms with Crippen LogP contribution in [0.4, 0.5) is 10.5 Å². The number of hydrogen-bond acceptors (Lipinski definition) is 3. The average Bonchev–Trinajstić information content (AvgIpc) is 2.28. The van der Waals surface area contributed by atoms with Gasteiger partial charge in [0.25, 0.3) is 5.91 Å². The smallest absolute Gasteiger partial charge is 0.411 e. The fourth-order valence-electron chi connectivity index (χ4n) is 1.37. The Kier molecular flexibility index (Phi) is 5.17. The van der Waals surface area contributed by atoms with Gasteiger partial charge in [0.05, 0.1) is 6.61 Å². The molecule has 2 N–H and O–H groups in total. The Labute approximate surface area is 107 Å². The third kappa shape index (κ3) is 4.45. The second-order valence-corrected chi connectivity index (χ2v) is 4.05. The first-order valence-electron chi connectivity index (χ1n) is 5.87. The number of ether oxygens (including phenoxy) is 1. The molecule has 0 bridgehead atoms. The van der Waals surface area contributed by atoms with Gasteiger partial charge in [-0.1, -0.05) is 6.07 Å². The SMILES string of the molecule is CCOC(=O)Nc1cccc(C(=O)NC(C)C)c1. The zero-order chi connectivity index (χ0) is 13.5. The summed E-state index contributed by atoms with van der Waals surface area (Å²) in [7, 11) is 0. The van der Waals surface area contributed by atoms with E-state index in [2.05, 4.69) is 10.6 Å². The van der Waals surface area contributed by atoms with Crippen LogP contribution in [-0.4, -0.2) is 24.6 Å². The molecule has 1 rings (SSSR count). The highest BCUT2D eigenvalue weighted by Crippen LogP contribution is 2.11. The van der Waals surface area contributed by atoms with Crippen LogP contribution in [0.1, 0.15) is 31.1 Å². The van der Waals surface area contributed by atoms with Crippen molar-refractivity contribution in [2.45, 2.75) is 26.8 Å². The Morgan fingerprint density at radius 1 is 1.33 bits per heavy atom. The number of anilines is 1. The standard InChI is InChI=1S/C13H18N2O3/c1-4-18-13(17)15-11-7-5-6-10(8-11)12(16)14-9(2)3/h5-9H,4H2,1-3H3,(H,14,16)(H,15,17). The molecular formula is C13H18N2O3. The van der Waals surface area contributed by atoms with Crippen LogP contribution in [0.5, 0.6) is 0 Å². The van der Waals surface area contributed by atoms with Crippen LogP contribution in [0.2, 0.25) is 0 Å². The summed E-state index contributed by atoms with van der Waals surface area (Å²) in [5, 5.41) is 5.33. The van der Waals surface area contributed by atoms with Crippen LogP contribution < -0.4 is 10.6 Å². The average molecular weight is 250 g/mol. The van der Waals surface area contributed by atoms with Crippen molar-refractivity contribution in [1.82, 2.24) is 5.32 Å². The summed E-state index contributed by atoms with van der Waals surface area (Å²) >= 11 is 0.